The molecule has 0 atom stereocenters. The lowest BCUT2D eigenvalue weighted by atomic mass is 10.2. The largest absolute Gasteiger partial charge is 0.484 e. The highest BCUT2D eigenvalue weighted by molar-refractivity contribution is 7.16. The molecule has 0 aliphatic carbocycles. The van der Waals surface area contributed by atoms with Gasteiger partial charge in [0.25, 0.3) is 5.91 Å². The van der Waals surface area contributed by atoms with E-state index in [1.165, 1.54) is 4.88 Å². The number of halogens is 1. The quantitative estimate of drug-likeness (QED) is 0.479. The van der Waals surface area contributed by atoms with Crippen molar-refractivity contribution in [2.24, 2.45) is 4.99 Å². The zero-order valence-electron chi connectivity index (χ0n) is 16.5. The summed E-state index contributed by atoms with van der Waals surface area (Å²) in [5.41, 5.74) is 1.01. The average molecular weight is 423 g/mol. The number of likely N-dealkylation sites (N-methyl/N-ethyl adjacent to an activating group) is 1. The fourth-order valence-electron chi connectivity index (χ4n) is 2.51. The number of ether oxygens (including phenoxy) is 1. The van der Waals surface area contributed by atoms with Crippen molar-refractivity contribution in [2.75, 3.05) is 26.7 Å². The molecule has 6 nitrogen and oxygen atoms in total. The van der Waals surface area contributed by atoms with Gasteiger partial charge in [-0.1, -0.05) is 23.7 Å². The highest BCUT2D eigenvalue weighted by Crippen LogP contribution is 2.22. The van der Waals surface area contributed by atoms with Gasteiger partial charge in [-0.15, -0.1) is 11.3 Å². The molecule has 1 aromatic carbocycles. The maximum absolute atomic E-state index is 11.5. The molecule has 0 bridgehead atoms. The van der Waals surface area contributed by atoms with Crippen molar-refractivity contribution in [1.82, 2.24) is 15.5 Å². The Morgan fingerprint density at radius 3 is 2.68 bits per heavy atom. The average Bonchev–Trinajstić information content (AvgIpc) is 3.08. The standard InChI is InChI=1S/C20H27ClN4O2S/c1-4-22-19(26)14-27-16-8-6-7-15(11-16)12-24-20(23-5-2)25(3)13-17-9-10-18(21)28-17/h6-11H,4-5,12-14H2,1-3H3,(H,22,26)(H,23,24). The summed E-state index contributed by atoms with van der Waals surface area (Å²) < 4.78 is 6.33. The number of thiophene rings is 1. The summed E-state index contributed by atoms with van der Waals surface area (Å²) >= 11 is 7.59. The minimum Gasteiger partial charge on any atom is -0.484 e. The molecule has 28 heavy (non-hydrogen) atoms. The number of aliphatic imine (C=N–C) groups is 1. The molecule has 1 amide bonds. The predicted molar refractivity (Wildman–Crippen MR) is 116 cm³/mol. The van der Waals surface area contributed by atoms with E-state index in [-0.39, 0.29) is 12.5 Å². The van der Waals surface area contributed by atoms with E-state index in [9.17, 15) is 4.79 Å². The lowest BCUT2D eigenvalue weighted by Gasteiger charge is -2.21. The summed E-state index contributed by atoms with van der Waals surface area (Å²) in [5, 5.41) is 6.02. The topological polar surface area (TPSA) is 66.0 Å². The number of amides is 1. The number of benzene rings is 1. The van der Waals surface area contributed by atoms with Gasteiger partial charge in [-0.3, -0.25) is 4.79 Å². The lowest BCUT2D eigenvalue weighted by Crippen LogP contribution is -2.38. The fraction of sp³-hybridized carbons (Fsp3) is 0.400. The van der Waals surface area contributed by atoms with E-state index in [2.05, 4.69) is 15.5 Å². The van der Waals surface area contributed by atoms with Crippen LogP contribution < -0.4 is 15.4 Å². The van der Waals surface area contributed by atoms with E-state index in [1.807, 2.05) is 57.3 Å². The highest BCUT2D eigenvalue weighted by atomic mass is 35.5. The molecule has 0 fully saturated rings. The number of nitrogens with one attached hydrogen (secondary N) is 2. The van der Waals surface area contributed by atoms with Gasteiger partial charge in [0.1, 0.15) is 5.75 Å². The molecule has 0 aliphatic heterocycles. The molecule has 0 radical (unpaired) electrons. The van der Waals surface area contributed by atoms with Gasteiger partial charge in [0.05, 0.1) is 17.4 Å². The van der Waals surface area contributed by atoms with Crippen LogP contribution in [-0.2, 0) is 17.9 Å². The van der Waals surface area contributed by atoms with Crippen LogP contribution in [-0.4, -0.2) is 43.5 Å². The second kappa shape index (κ2) is 11.6. The molecule has 2 N–H and O–H groups in total. The third kappa shape index (κ3) is 7.40. The second-order valence-electron chi connectivity index (χ2n) is 6.12. The number of carbonyl (C=O) groups excluding carboxylic acids is 1. The third-order valence-corrected chi connectivity index (χ3v) is 4.99. The van der Waals surface area contributed by atoms with Gasteiger partial charge in [0, 0.05) is 25.0 Å². The Morgan fingerprint density at radius 1 is 1.21 bits per heavy atom. The molecular formula is C20H27ClN4O2S. The first-order valence-corrected chi connectivity index (χ1v) is 10.4. The summed E-state index contributed by atoms with van der Waals surface area (Å²) in [5.74, 6) is 1.35. The molecule has 2 aromatic rings. The van der Waals surface area contributed by atoms with Crippen LogP contribution >= 0.6 is 22.9 Å². The smallest absolute Gasteiger partial charge is 0.257 e. The number of carbonyl (C=O) groups is 1. The summed E-state index contributed by atoms with van der Waals surface area (Å²) in [6.45, 7) is 6.55. The van der Waals surface area contributed by atoms with E-state index in [0.29, 0.717) is 18.8 Å². The van der Waals surface area contributed by atoms with E-state index in [0.717, 1.165) is 28.9 Å². The fourth-order valence-corrected chi connectivity index (χ4v) is 3.65. The molecule has 1 heterocycles. The Kier molecular flexibility index (Phi) is 9.10. The van der Waals surface area contributed by atoms with Crippen LogP contribution in [0.1, 0.15) is 24.3 Å². The molecule has 8 heteroatoms. The van der Waals surface area contributed by atoms with Crippen LogP contribution in [0.2, 0.25) is 4.34 Å². The number of guanidine groups is 1. The van der Waals surface area contributed by atoms with Gasteiger partial charge in [0.15, 0.2) is 12.6 Å². The first kappa shape index (κ1) is 22.0. The van der Waals surface area contributed by atoms with Crippen molar-refractivity contribution in [2.45, 2.75) is 26.9 Å². The van der Waals surface area contributed by atoms with E-state index in [1.54, 1.807) is 11.3 Å². The minimum atomic E-state index is -0.129. The van der Waals surface area contributed by atoms with Crippen molar-refractivity contribution in [3.05, 3.63) is 51.2 Å². The summed E-state index contributed by atoms with van der Waals surface area (Å²) in [4.78, 5) is 19.5. The van der Waals surface area contributed by atoms with Gasteiger partial charge in [-0.2, -0.15) is 0 Å². The maximum Gasteiger partial charge on any atom is 0.257 e. The van der Waals surface area contributed by atoms with Crippen LogP contribution in [0.5, 0.6) is 5.75 Å². The molecular weight excluding hydrogens is 396 g/mol. The van der Waals surface area contributed by atoms with Crippen LogP contribution in [0.3, 0.4) is 0 Å². The third-order valence-electron chi connectivity index (χ3n) is 3.77. The van der Waals surface area contributed by atoms with Crippen LogP contribution in [0.15, 0.2) is 41.4 Å². The number of nitrogens with zero attached hydrogens (tertiary/aromatic N) is 2. The summed E-state index contributed by atoms with van der Waals surface area (Å²) in [6, 6.07) is 11.6. The van der Waals surface area contributed by atoms with Crippen molar-refractivity contribution in [3.8, 4) is 5.75 Å². The van der Waals surface area contributed by atoms with Crippen molar-refractivity contribution >= 4 is 34.8 Å². The van der Waals surface area contributed by atoms with E-state index in [4.69, 9.17) is 21.3 Å². The van der Waals surface area contributed by atoms with E-state index >= 15 is 0 Å². The Morgan fingerprint density at radius 2 is 2.00 bits per heavy atom. The van der Waals surface area contributed by atoms with Gasteiger partial charge in [-0.05, 0) is 43.7 Å². The SMILES string of the molecule is CCNC(=O)COc1cccc(CN=C(NCC)N(C)Cc2ccc(Cl)s2)c1. The first-order chi connectivity index (χ1) is 13.5. The zero-order chi connectivity index (χ0) is 20.4. The molecule has 152 valence electrons. The van der Waals surface area contributed by atoms with Crippen molar-refractivity contribution < 1.29 is 9.53 Å². The first-order valence-electron chi connectivity index (χ1n) is 9.24. The number of rotatable bonds is 9. The molecule has 0 saturated carbocycles. The van der Waals surface area contributed by atoms with Crippen molar-refractivity contribution in [3.63, 3.8) is 0 Å². The molecule has 0 spiro atoms. The number of hydrogen-bond acceptors (Lipinski definition) is 4. The maximum atomic E-state index is 11.5. The number of hydrogen-bond donors (Lipinski definition) is 2. The summed E-state index contributed by atoms with van der Waals surface area (Å²) in [6.07, 6.45) is 0. The van der Waals surface area contributed by atoms with Gasteiger partial charge >= 0.3 is 0 Å². The zero-order valence-corrected chi connectivity index (χ0v) is 18.1. The van der Waals surface area contributed by atoms with E-state index < -0.39 is 0 Å². The van der Waals surface area contributed by atoms with Crippen LogP contribution in [0, 0.1) is 0 Å². The minimum absolute atomic E-state index is 0.00924. The Hall–Kier alpha value is -2.25. The summed E-state index contributed by atoms with van der Waals surface area (Å²) in [7, 11) is 2.00. The Bertz CT molecular complexity index is 794. The van der Waals surface area contributed by atoms with Gasteiger partial charge < -0.3 is 20.3 Å². The molecule has 0 unspecified atom stereocenters. The van der Waals surface area contributed by atoms with Crippen LogP contribution in [0.25, 0.3) is 0 Å². The predicted octanol–water partition coefficient (Wildman–Crippen LogP) is 3.51. The molecule has 2 rings (SSSR count). The molecule has 0 saturated heterocycles. The Labute approximate surface area is 175 Å². The second-order valence-corrected chi connectivity index (χ2v) is 7.92. The highest BCUT2D eigenvalue weighted by Gasteiger charge is 2.08. The van der Waals surface area contributed by atoms with Gasteiger partial charge in [-0.25, -0.2) is 4.99 Å². The Balaban J connectivity index is 1.99. The van der Waals surface area contributed by atoms with Crippen LogP contribution in [0.4, 0.5) is 0 Å². The lowest BCUT2D eigenvalue weighted by molar-refractivity contribution is -0.122. The van der Waals surface area contributed by atoms with Gasteiger partial charge in [0.2, 0.25) is 0 Å². The monoisotopic (exact) mass is 422 g/mol. The van der Waals surface area contributed by atoms with Crippen molar-refractivity contribution in [1.29, 1.82) is 0 Å². The molecule has 0 aliphatic rings. The molecule has 1 aromatic heterocycles. The normalized spacial score (nSPS) is 11.2.